The van der Waals surface area contributed by atoms with Crippen LogP contribution in [0.3, 0.4) is 0 Å². The SMILES string of the molecule is CCN(c1cccc(OC)c1)[N+](=O)[O-].CCNCC. The molecule has 6 heteroatoms. The van der Waals surface area contributed by atoms with Gasteiger partial charge in [0.1, 0.15) is 11.4 Å². The summed E-state index contributed by atoms with van der Waals surface area (Å²) in [6.45, 7) is 8.43. The molecule has 0 saturated carbocycles. The third kappa shape index (κ3) is 6.61. The van der Waals surface area contributed by atoms with Gasteiger partial charge in [-0.3, -0.25) is 0 Å². The van der Waals surface area contributed by atoms with Gasteiger partial charge in [-0.1, -0.05) is 24.9 Å². The molecular weight excluding hydrogens is 246 g/mol. The van der Waals surface area contributed by atoms with Crippen LogP contribution >= 0.6 is 0 Å². The van der Waals surface area contributed by atoms with E-state index in [0.717, 1.165) is 18.1 Å². The van der Waals surface area contributed by atoms with Crippen molar-refractivity contribution >= 4 is 5.69 Å². The Balaban J connectivity index is 0.000000555. The first kappa shape index (κ1) is 17.2. The van der Waals surface area contributed by atoms with Gasteiger partial charge in [0, 0.05) is 6.07 Å². The third-order valence-electron chi connectivity index (χ3n) is 2.35. The molecule has 0 amide bonds. The number of hydrogen-bond acceptors (Lipinski definition) is 4. The summed E-state index contributed by atoms with van der Waals surface area (Å²) in [5.74, 6) is 0.614. The maximum Gasteiger partial charge on any atom is 0.165 e. The molecule has 0 atom stereocenters. The van der Waals surface area contributed by atoms with E-state index in [1.807, 2.05) is 0 Å². The summed E-state index contributed by atoms with van der Waals surface area (Å²) < 4.78 is 4.98. The Hall–Kier alpha value is -1.82. The van der Waals surface area contributed by atoms with Gasteiger partial charge in [0.2, 0.25) is 0 Å². The van der Waals surface area contributed by atoms with E-state index >= 15 is 0 Å². The lowest BCUT2D eigenvalue weighted by Gasteiger charge is -2.12. The number of methoxy groups -OCH3 is 1. The maximum absolute atomic E-state index is 10.6. The number of nitro groups is 1. The van der Waals surface area contributed by atoms with Gasteiger partial charge in [-0.25, -0.2) is 10.1 Å². The molecule has 0 fully saturated rings. The molecule has 0 spiro atoms. The number of hydrazine groups is 1. The minimum Gasteiger partial charge on any atom is -0.497 e. The van der Waals surface area contributed by atoms with E-state index in [2.05, 4.69) is 19.2 Å². The number of ether oxygens (including phenoxy) is 1. The number of nitrogens with one attached hydrogen (secondary N) is 1. The zero-order chi connectivity index (χ0) is 14.7. The summed E-state index contributed by atoms with van der Waals surface area (Å²) >= 11 is 0. The summed E-state index contributed by atoms with van der Waals surface area (Å²) in [6, 6.07) is 6.78. The lowest BCUT2D eigenvalue weighted by atomic mass is 10.3. The molecule has 0 bridgehead atoms. The molecule has 1 N–H and O–H groups in total. The van der Waals surface area contributed by atoms with E-state index in [0.29, 0.717) is 18.0 Å². The Morgan fingerprint density at radius 1 is 1.32 bits per heavy atom. The minimum atomic E-state index is -0.436. The van der Waals surface area contributed by atoms with E-state index in [4.69, 9.17) is 4.74 Å². The number of anilines is 1. The van der Waals surface area contributed by atoms with E-state index in [1.165, 1.54) is 7.11 Å². The van der Waals surface area contributed by atoms with Gasteiger partial charge < -0.3 is 10.1 Å². The molecule has 0 aliphatic rings. The fourth-order valence-electron chi connectivity index (χ4n) is 1.41. The fourth-order valence-corrected chi connectivity index (χ4v) is 1.41. The van der Waals surface area contributed by atoms with Gasteiger partial charge in [-0.15, -0.1) is 0 Å². The highest BCUT2D eigenvalue weighted by Gasteiger charge is 2.14. The molecule has 1 aromatic carbocycles. The normalized spacial score (nSPS) is 9.26. The lowest BCUT2D eigenvalue weighted by molar-refractivity contribution is -0.494. The van der Waals surface area contributed by atoms with Gasteiger partial charge in [-0.05, 0) is 32.1 Å². The highest BCUT2D eigenvalue weighted by molar-refractivity contribution is 5.48. The van der Waals surface area contributed by atoms with Crippen molar-refractivity contribution in [2.24, 2.45) is 0 Å². The largest absolute Gasteiger partial charge is 0.497 e. The van der Waals surface area contributed by atoms with Crippen molar-refractivity contribution in [1.29, 1.82) is 0 Å². The quantitative estimate of drug-likeness (QED) is 0.634. The summed E-state index contributed by atoms with van der Waals surface area (Å²) in [5.41, 5.74) is 0.525. The van der Waals surface area contributed by atoms with Gasteiger partial charge in [0.05, 0.1) is 13.7 Å². The molecule has 0 saturated heterocycles. The molecule has 0 aromatic heterocycles. The summed E-state index contributed by atoms with van der Waals surface area (Å²) in [5, 5.41) is 14.4. The van der Waals surface area contributed by atoms with Crippen molar-refractivity contribution in [3.63, 3.8) is 0 Å². The second-order valence-electron chi connectivity index (χ2n) is 3.61. The van der Waals surface area contributed by atoms with Crippen LogP contribution < -0.4 is 15.1 Å². The van der Waals surface area contributed by atoms with Gasteiger partial charge in [-0.2, -0.15) is 0 Å². The average Bonchev–Trinajstić information content (AvgIpc) is 2.41. The summed E-state index contributed by atoms with van der Waals surface area (Å²) in [7, 11) is 1.53. The van der Waals surface area contributed by atoms with Crippen LogP contribution in [-0.4, -0.2) is 31.8 Å². The van der Waals surface area contributed by atoms with Crippen LogP contribution in [-0.2, 0) is 0 Å². The van der Waals surface area contributed by atoms with E-state index < -0.39 is 5.03 Å². The Bertz CT molecular complexity index is 370. The zero-order valence-corrected chi connectivity index (χ0v) is 12.0. The Kier molecular flexibility index (Phi) is 9.16. The minimum absolute atomic E-state index is 0.320. The smallest absolute Gasteiger partial charge is 0.165 e. The topological polar surface area (TPSA) is 67.6 Å². The van der Waals surface area contributed by atoms with E-state index in [9.17, 15) is 10.1 Å². The summed E-state index contributed by atoms with van der Waals surface area (Å²) in [6.07, 6.45) is 0. The lowest BCUT2D eigenvalue weighted by Crippen LogP contribution is -2.29. The Morgan fingerprint density at radius 2 is 1.95 bits per heavy atom. The highest BCUT2D eigenvalue weighted by Crippen LogP contribution is 2.20. The van der Waals surface area contributed by atoms with Crippen LogP contribution in [0, 0.1) is 10.1 Å². The molecule has 0 radical (unpaired) electrons. The molecule has 1 rings (SSSR count). The Morgan fingerprint density at radius 3 is 2.32 bits per heavy atom. The Labute approximate surface area is 114 Å². The first-order chi connectivity index (χ1) is 9.10. The number of hydrogen-bond donors (Lipinski definition) is 1. The van der Waals surface area contributed by atoms with Gasteiger partial charge >= 0.3 is 0 Å². The van der Waals surface area contributed by atoms with E-state index in [1.54, 1.807) is 31.2 Å². The van der Waals surface area contributed by atoms with Crippen molar-refractivity contribution in [3.8, 4) is 5.75 Å². The third-order valence-corrected chi connectivity index (χ3v) is 2.35. The number of nitrogens with zero attached hydrogens (tertiary/aromatic N) is 2. The van der Waals surface area contributed by atoms with Crippen molar-refractivity contribution in [1.82, 2.24) is 5.32 Å². The van der Waals surface area contributed by atoms with Crippen LogP contribution in [0.4, 0.5) is 5.69 Å². The first-order valence-electron chi connectivity index (χ1n) is 6.37. The van der Waals surface area contributed by atoms with E-state index in [-0.39, 0.29) is 0 Å². The summed E-state index contributed by atoms with van der Waals surface area (Å²) in [4.78, 5) is 10.6. The van der Waals surface area contributed by atoms with Crippen LogP contribution in [0.5, 0.6) is 5.75 Å². The molecule has 0 aliphatic carbocycles. The predicted molar refractivity (Wildman–Crippen MR) is 77.2 cm³/mol. The van der Waals surface area contributed by atoms with Crippen molar-refractivity contribution in [3.05, 3.63) is 34.4 Å². The second-order valence-corrected chi connectivity index (χ2v) is 3.61. The molecule has 108 valence electrons. The molecule has 0 unspecified atom stereocenters. The molecule has 6 nitrogen and oxygen atoms in total. The second kappa shape index (κ2) is 10.1. The fraction of sp³-hybridized carbons (Fsp3) is 0.538. The molecule has 0 heterocycles. The van der Waals surface area contributed by atoms with Crippen molar-refractivity contribution in [2.45, 2.75) is 20.8 Å². The van der Waals surface area contributed by atoms with Crippen molar-refractivity contribution in [2.75, 3.05) is 31.8 Å². The maximum atomic E-state index is 10.6. The first-order valence-corrected chi connectivity index (χ1v) is 6.37. The molecule has 19 heavy (non-hydrogen) atoms. The predicted octanol–water partition coefficient (Wildman–Crippen LogP) is 2.33. The standard InChI is InChI=1S/C9H12N2O3.C4H11N/c1-3-10(11(12)13)8-5-4-6-9(7-8)14-2;1-3-5-4-2/h4-7H,3H2,1-2H3;5H,3-4H2,1-2H3. The van der Waals surface area contributed by atoms with Gasteiger partial charge in [0.25, 0.3) is 0 Å². The van der Waals surface area contributed by atoms with Gasteiger partial charge in [0.15, 0.2) is 5.03 Å². The van der Waals surface area contributed by atoms with Crippen LogP contribution in [0.15, 0.2) is 24.3 Å². The zero-order valence-electron chi connectivity index (χ0n) is 12.0. The molecule has 0 aliphatic heterocycles. The number of benzene rings is 1. The van der Waals surface area contributed by atoms with Crippen molar-refractivity contribution < 1.29 is 9.77 Å². The van der Waals surface area contributed by atoms with Crippen LogP contribution in [0.2, 0.25) is 0 Å². The highest BCUT2D eigenvalue weighted by atomic mass is 16.7. The molecule has 1 aromatic rings. The monoisotopic (exact) mass is 269 g/mol. The molecular formula is C13H23N3O3. The van der Waals surface area contributed by atoms with Crippen LogP contribution in [0.1, 0.15) is 20.8 Å². The average molecular weight is 269 g/mol. The van der Waals surface area contributed by atoms with Crippen LogP contribution in [0.25, 0.3) is 0 Å². The number of rotatable bonds is 6.